The zero-order chi connectivity index (χ0) is 14.6. The van der Waals surface area contributed by atoms with Gasteiger partial charge >= 0.3 is 0 Å². The third-order valence-corrected chi connectivity index (χ3v) is 4.99. The Hall–Kier alpha value is -0.780. The Morgan fingerprint density at radius 2 is 2.05 bits per heavy atom. The molecule has 0 spiro atoms. The number of anilines is 1. The number of benzene rings is 1. The first-order valence-corrected chi connectivity index (χ1v) is 8.22. The summed E-state index contributed by atoms with van der Waals surface area (Å²) in [6, 6.07) is 2.88. The zero-order valence-electron chi connectivity index (χ0n) is 11.5. The fourth-order valence-electron chi connectivity index (χ4n) is 1.86. The van der Waals surface area contributed by atoms with Crippen molar-refractivity contribution in [1.82, 2.24) is 4.72 Å². The summed E-state index contributed by atoms with van der Waals surface area (Å²) >= 11 is 5.87. The lowest BCUT2D eigenvalue weighted by atomic mass is 10.2. The number of rotatable bonds is 6. The molecule has 0 heterocycles. The molecule has 6 heteroatoms. The summed E-state index contributed by atoms with van der Waals surface area (Å²) in [7, 11) is -3.55. The molecule has 19 heavy (non-hydrogen) atoms. The van der Waals surface area contributed by atoms with Crippen molar-refractivity contribution < 1.29 is 8.42 Å². The molecule has 0 saturated heterocycles. The molecule has 0 aliphatic heterocycles. The highest BCUT2D eigenvalue weighted by Gasteiger charge is 2.20. The van der Waals surface area contributed by atoms with E-state index in [4.69, 9.17) is 17.3 Å². The van der Waals surface area contributed by atoms with Crippen LogP contribution in [-0.4, -0.2) is 14.5 Å². The quantitative estimate of drug-likeness (QED) is 0.793. The zero-order valence-corrected chi connectivity index (χ0v) is 13.1. The highest BCUT2D eigenvalue weighted by molar-refractivity contribution is 7.89. The predicted molar refractivity (Wildman–Crippen MR) is 79.9 cm³/mol. The van der Waals surface area contributed by atoms with E-state index in [0.717, 1.165) is 19.3 Å². The lowest BCUT2D eigenvalue weighted by Crippen LogP contribution is -2.33. The number of hydrogen-bond acceptors (Lipinski definition) is 3. The maximum absolute atomic E-state index is 12.3. The van der Waals surface area contributed by atoms with Crippen molar-refractivity contribution in [2.45, 2.75) is 51.0 Å². The van der Waals surface area contributed by atoms with E-state index in [9.17, 15) is 8.42 Å². The number of nitrogens with two attached hydrogens (primary N) is 1. The molecular formula is C13H21ClN2O2S. The van der Waals surface area contributed by atoms with E-state index >= 15 is 0 Å². The third kappa shape index (κ3) is 4.37. The molecular weight excluding hydrogens is 284 g/mol. The highest BCUT2D eigenvalue weighted by Crippen LogP contribution is 2.26. The van der Waals surface area contributed by atoms with Gasteiger partial charge in [0.15, 0.2) is 0 Å². The van der Waals surface area contributed by atoms with Crippen LogP contribution in [0.25, 0.3) is 0 Å². The van der Waals surface area contributed by atoms with Gasteiger partial charge in [-0.3, -0.25) is 0 Å². The first-order chi connectivity index (χ1) is 8.77. The Labute approximate surface area is 120 Å². The van der Waals surface area contributed by atoms with Crippen LogP contribution in [0.1, 0.15) is 38.7 Å². The molecule has 1 aromatic carbocycles. The van der Waals surface area contributed by atoms with Gasteiger partial charge in [0.1, 0.15) is 0 Å². The van der Waals surface area contributed by atoms with E-state index in [1.54, 1.807) is 13.0 Å². The van der Waals surface area contributed by atoms with E-state index in [1.165, 1.54) is 6.07 Å². The highest BCUT2D eigenvalue weighted by atomic mass is 35.5. The summed E-state index contributed by atoms with van der Waals surface area (Å²) in [5, 5.41) is 0.371. The molecule has 1 aromatic rings. The van der Waals surface area contributed by atoms with Gasteiger partial charge in [0.25, 0.3) is 0 Å². The fraction of sp³-hybridized carbons (Fsp3) is 0.538. The molecule has 0 bridgehead atoms. The van der Waals surface area contributed by atoms with Crippen molar-refractivity contribution in [3.8, 4) is 0 Å². The van der Waals surface area contributed by atoms with Crippen LogP contribution < -0.4 is 10.5 Å². The predicted octanol–water partition coefficient (Wildman–Crippen LogP) is 3.09. The standard InChI is InChI=1S/C13H21ClN2O2S/c1-4-5-6-10(3)16-19(17,18)13-8-12(15)11(14)7-9(13)2/h7-8,10,16H,4-6,15H2,1-3H3. The van der Waals surface area contributed by atoms with Gasteiger partial charge in [-0.1, -0.05) is 31.4 Å². The first kappa shape index (κ1) is 16.3. The maximum atomic E-state index is 12.3. The number of nitrogens with one attached hydrogen (secondary N) is 1. The summed E-state index contributed by atoms with van der Waals surface area (Å²) in [4.78, 5) is 0.192. The number of nitrogen functional groups attached to an aromatic ring is 1. The summed E-state index contributed by atoms with van der Waals surface area (Å²) in [6.45, 7) is 5.64. The largest absolute Gasteiger partial charge is 0.397 e. The molecule has 1 unspecified atom stereocenters. The van der Waals surface area contributed by atoms with Crippen LogP contribution in [0.5, 0.6) is 0 Å². The SMILES string of the molecule is CCCCC(C)NS(=O)(=O)c1cc(N)c(Cl)cc1C. The second kappa shape index (κ2) is 6.59. The number of aryl methyl sites for hydroxylation is 1. The lowest BCUT2D eigenvalue weighted by molar-refractivity contribution is 0.534. The third-order valence-electron chi connectivity index (χ3n) is 2.93. The van der Waals surface area contributed by atoms with Gasteiger partial charge in [0.2, 0.25) is 10.0 Å². The Kier molecular flexibility index (Phi) is 5.64. The molecule has 1 atom stereocenters. The van der Waals surface area contributed by atoms with Gasteiger partial charge in [-0.05, 0) is 38.0 Å². The maximum Gasteiger partial charge on any atom is 0.241 e. The van der Waals surface area contributed by atoms with E-state index in [1.807, 2.05) is 6.92 Å². The Morgan fingerprint density at radius 1 is 1.42 bits per heavy atom. The van der Waals surface area contributed by atoms with E-state index in [-0.39, 0.29) is 16.6 Å². The molecule has 0 fully saturated rings. The van der Waals surface area contributed by atoms with E-state index in [0.29, 0.717) is 10.6 Å². The van der Waals surface area contributed by atoms with Gasteiger partial charge in [-0.25, -0.2) is 13.1 Å². The second-order valence-electron chi connectivity index (χ2n) is 4.80. The molecule has 1 rings (SSSR count). The van der Waals surface area contributed by atoms with Crippen molar-refractivity contribution in [1.29, 1.82) is 0 Å². The number of hydrogen-bond donors (Lipinski definition) is 2. The molecule has 3 N–H and O–H groups in total. The van der Waals surface area contributed by atoms with Crippen LogP contribution in [0.15, 0.2) is 17.0 Å². The normalized spacial score (nSPS) is 13.5. The molecule has 0 aromatic heterocycles. The molecule has 0 radical (unpaired) electrons. The summed E-state index contributed by atoms with van der Waals surface area (Å²) in [6.07, 6.45) is 2.85. The number of unbranched alkanes of at least 4 members (excludes halogenated alkanes) is 1. The minimum atomic E-state index is -3.55. The van der Waals surface area contributed by atoms with Crippen LogP contribution in [-0.2, 0) is 10.0 Å². The molecule has 4 nitrogen and oxygen atoms in total. The van der Waals surface area contributed by atoms with Gasteiger partial charge in [-0.15, -0.1) is 0 Å². The fourth-order valence-corrected chi connectivity index (χ4v) is 3.61. The van der Waals surface area contributed by atoms with Crippen molar-refractivity contribution in [2.75, 3.05) is 5.73 Å². The van der Waals surface area contributed by atoms with Gasteiger partial charge in [0, 0.05) is 6.04 Å². The van der Waals surface area contributed by atoms with Crippen LogP contribution in [0.4, 0.5) is 5.69 Å². The Bertz CT molecular complexity index is 544. The van der Waals surface area contributed by atoms with Crippen molar-refractivity contribution in [3.63, 3.8) is 0 Å². The minimum absolute atomic E-state index is 0.0961. The average Bonchev–Trinajstić information content (AvgIpc) is 2.30. The Balaban J connectivity index is 2.98. The van der Waals surface area contributed by atoms with Crippen LogP contribution in [0.3, 0.4) is 0 Å². The van der Waals surface area contributed by atoms with Gasteiger partial charge in [-0.2, -0.15) is 0 Å². The molecule has 0 saturated carbocycles. The molecule has 0 aliphatic carbocycles. The van der Waals surface area contributed by atoms with Crippen molar-refractivity contribution in [3.05, 3.63) is 22.7 Å². The molecule has 108 valence electrons. The monoisotopic (exact) mass is 304 g/mol. The summed E-state index contributed by atoms with van der Waals surface area (Å²) in [5.74, 6) is 0. The van der Waals surface area contributed by atoms with Gasteiger partial charge < -0.3 is 5.73 Å². The Morgan fingerprint density at radius 3 is 2.63 bits per heavy atom. The summed E-state index contributed by atoms with van der Waals surface area (Å²) < 4.78 is 27.2. The topological polar surface area (TPSA) is 72.2 Å². The van der Waals surface area contributed by atoms with E-state index in [2.05, 4.69) is 11.6 Å². The molecule has 0 amide bonds. The van der Waals surface area contributed by atoms with Crippen LogP contribution in [0.2, 0.25) is 5.02 Å². The van der Waals surface area contributed by atoms with Crippen molar-refractivity contribution >= 4 is 27.3 Å². The van der Waals surface area contributed by atoms with Crippen LogP contribution >= 0.6 is 11.6 Å². The first-order valence-electron chi connectivity index (χ1n) is 6.36. The minimum Gasteiger partial charge on any atom is -0.397 e. The number of sulfonamides is 1. The van der Waals surface area contributed by atoms with Crippen LogP contribution in [0, 0.1) is 6.92 Å². The van der Waals surface area contributed by atoms with Crippen molar-refractivity contribution in [2.24, 2.45) is 0 Å². The van der Waals surface area contributed by atoms with Gasteiger partial charge in [0.05, 0.1) is 15.6 Å². The summed E-state index contributed by atoms with van der Waals surface area (Å²) in [5.41, 5.74) is 6.54. The molecule has 0 aliphatic rings. The average molecular weight is 305 g/mol. The lowest BCUT2D eigenvalue weighted by Gasteiger charge is -2.16. The second-order valence-corrected chi connectivity index (χ2v) is 6.89. The van der Waals surface area contributed by atoms with E-state index < -0.39 is 10.0 Å². The number of halogens is 1. The smallest absolute Gasteiger partial charge is 0.241 e.